The van der Waals surface area contributed by atoms with Crippen LogP contribution in [0.4, 0.5) is 0 Å². The molecule has 0 aromatic carbocycles. The molecule has 94 valence electrons. The van der Waals surface area contributed by atoms with Crippen LogP contribution in [0.25, 0.3) is 0 Å². The Morgan fingerprint density at radius 3 is 2.88 bits per heavy atom. The van der Waals surface area contributed by atoms with Gasteiger partial charge in [0.25, 0.3) is 0 Å². The summed E-state index contributed by atoms with van der Waals surface area (Å²) in [5, 5.41) is 6.82. The predicted octanol–water partition coefficient (Wildman–Crippen LogP) is 1.20. The number of carbonyl (C=O) groups excluding carboxylic acids is 1. The van der Waals surface area contributed by atoms with Gasteiger partial charge in [-0.2, -0.15) is 23.5 Å². The number of thioether (sulfide) groups is 2. The lowest BCUT2D eigenvalue weighted by Gasteiger charge is -2.21. The molecule has 0 spiro atoms. The van der Waals surface area contributed by atoms with Crippen molar-refractivity contribution in [3.63, 3.8) is 0 Å². The molecule has 0 aliphatic carbocycles. The summed E-state index contributed by atoms with van der Waals surface area (Å²) in [6.45, 7) is 6.38. The van der Waals surface area contributed by atoms with E-state index in [0.29, 0.717) is 17.7 Å². The Morgan fingerprint density at radius 1 is 1.44 bits per heavy atom. The van der Waals surface area contributed by atoms with Crippen LogP contribution >= 0.6 is 23.5 Å². The first-order valence-corrected chi connectivity index (χ1v) is 8.05. The van der Waals surface area contributed by atoms with E-state index in [1.165, 1.54) is 17.3 Å². The first-order chi connectivity index (χ1) is 7.68. The lowest BCUT2D eigenvalue weighted by Crippen LogP contribution is -2.39. The standard InChI is InChI=1S/C11H22N2OS2/c1-9(2)5-13-11(14)7-12-6-10-8-15-3-4-16-10/h9-10,12H,3-8H2,1-2H3,(H,13,14). The van der Waals surface area contributed by atoms with E-state index < -0.39 is 0 Å². The zero-order chi connectivity index (χ0) is 11.8. The Labute approximate surface area is 107 Å². The summed E-state index contributed by atoms with van der Waals surface area (Å²) in [4.78, 5) is 11.4. The van der Waals surface area contributed by atoms with Crippen LogP contribution in [0, 0.1) is 5.92 Å². The van der Waals surface area contributed by atoms with Crippen molar-refractivity contribution in [1.29, 1.82) is 0 Å². The molecule has 2 N–H and O–H groups in total. The average Bonchev–Trinajstić information content (AvgIpc) is 2.28. The molecule has 1 aliphatic rings. The van der Waals surface area contributed by atoms with Gasteiger partial charge in [-0.15, -0.1) is 0 Å². The summed E-state index contributed by atoms with van der Waals surface area (Å²) in [5.41, 5.74) is 0. The van der Waals surface area contributed by atoms with Gasteiger partial charge in [-0.25, -0.2) is 0 Å². The molecule has 0 aromatic rings. The van der Waals surface area contributed by atoms with Gasteiger partial charge in [0.2, 0.25) is 5.91 Å². The highest BCUT2D eigenvalue weighted by Crippen LogP contribution is 2.23. The molecule has 1 aliphatic heterocycles. The van der Waals surface area contributed by atoms with E-state index in [1.807, 2.05) is 23.5 Å². The van der Waals surface area contributed by atoms with Crippen molar-refractivity contribution in [2.24, 2.45) is 5.92 Å². The van der Waals surface area contributed by atoms with E-state index in [9.17, 15) is 4.79 Å². The molecule has 1 fully saturated rings. The summed E-state index contributed by atoms with van der Waals surface area (Å²) >= 11 is 4.03. The van der Waals surface area contributed by atoms with Gasteiger partial charge in [-0.1, -0.05) is 13.8 Å². The quantitative estimate of drug-likeness (QED) is 0.755. The highest BCUT2D eigenvalue weighted by atomic mass is 32.2. The third-order valence-corrected chi connectivity index (χ3v) is 5.09. The molecule has 1 atom stereocenters. The van der Waals surface area contributed by atoms with Gasteiger partial charge < -0.3 is 10.6 Å². The average molecular weight is 262 g/mol. The summed E-state index contributed by atoms with van der Waals surface area (Å²) < 4.78 is 0. The Balaban J connectivity index is 1.99. The summed E-state index contributed by atoms with van der Waals surface area (Å²) in [5.74, 6) is 4.37. The molecule has 1 unspecified atom stereocenters. The molecule has 1 rings (SSSR count). The highest BCUT2D eigenvalue weighted by molar-refractivity contribution is 8.06. The highest BCUT2D eigenvalue weighted by Gasteiger charge is 2.13. The second-order valence-corrected chi connectivity index (χ2v) is 6.95. The van der Waals surface area contributed by atoms with Gasteiger partial charge in [0.1, 0.15) is 0 Å². The van der Waals surface area contributed by atoms with Crippen LogP contribution in [0.2, 0.25) is 0 Å². The van der Waals surface area contributed by atoms with E-state index in [4.69, 9.17) is 0 Å². The minimum absolute atomic E-state index is 0.113. The fourth-order valence-electron chi connectivity index (χ4n) is 1.38. The zero-order valence-corrected chi connectivity index (χ0v) is 11.8. The molecular formula is C11H22N2OS2. The second kappa shape index (κ2) is 8.25. The van der Waals surface area contributed by atoms with Crippen molar-refractivity contribution >= 4 is 29.4 Å². The summed E-state index contributed by atoms with van der Waals surface area (Å²) in [6.07, 6.45) is 0. The predicted molar refractivity (Wildman–Crippen MR) is 74.3 cm³/mol. The lowest BCUT2D eigenvalue weighted by atomic mass is 10.2. The molecule has 1 amide bonds. The first-order valence-electron chi connectivity index (χ1n) is 5.85. The number of rotatable bonds is 6. The van der Waals surface area contributed by atoms with E-state index in [-0.39, 0.29) is 5.91 Å². The number of hydrogen-bond acceptors (Lipinski definition) is 4. The summed E-state index contributed by atoms with van der Waals surface area (Å²) in [7, 11) is 0. The number of nitrogens with one attached hydrogen (secondary N) is 2. The molecule has 0 aromatic heterocycles. The Bertz CT molecular complexity index is 206. The van der Waals surface area contributed by atoms with Crippen LogP contribution in [0.1, 0.15) is 13.8 Å². The van der Waals surface area contributed by atoms with Crippen LogP contribution in [0.5, 0.6) is 0 Å². The van der Waals surface area contributed by atoms with Crippen LogP contribution in [-0.2, 0) is 4.79 Å². The Morgan fingerprint density at radius 2 is 2.25 bits per heavy atom. The lowest BCUT2D eigenvalue weighted by molar-refractivity contribution is -0.120. The fraction of sp³-hybridized carbons (Fsp3) is 0.909. The van der Waals surface area contributed by atoms with Crippen LogP contribution in [-0.4, -0.2) is 48.0 Å². The molecule has 0 saturated carbocycles. The van der Waals surface area contributed by atoms with Gasteiger partial charge in [0.15, 0.2) is 0 Å². The molecule has 0 bridgehead atoms. The molecule has 16 heavy (non-hydrogen) atoms. The maximum atomic E-state index is 11.4. The van der Waals surface area contributed by atoms with Gasteiger partial charge in [0, 0.05) is 35.6 Å². The number of amides is 1. The maximum absolute atomic E-state index is 11.4. The number of hydrogen-bond donors (Lipinski definition) is 2. The molecular weight excluding hydrogens is 240 g/mol. The smallest absolute Gasteiger partial charge is 0.233 e. The van der Waals surface area contributed by atoms with Crippen molar-refractivity contribution in [1.82, 2.24) is 10.6 Å². The van der Waals surface area contributed by atoms with Gasteiger partial charge in [-0.05, 0) is 5.92 Å². The Kier molecular flexibility index (Phi) is 7.32. The normalized spacial score (nSPS) is 21.1. The molecule has 5 heteroatoms. The second-order valence-electron chi connectivity index (χ2n) is 4.40. The fourth-order valence-corrected chi connectivity index (χ4v) is 4.03. The van der Waals surface area contributed by atoms with Gasteiger partial charge in [0.05, 0.1) is 6.54 Å². The molecule has 1 saturated heterocycles. The minimum atomic E-state index is 0.113. The molecule has 3 nitrogen and oxygen atoms in total. The van der Waals surface area contributed by atoms with Crippen molar-refractivity contribution in [3.8, 4) is 0 Å². The SMILES string of the molecule is CC(C)CNC(=O)CNCC1CSCCS1. The third kappa shape index (κ3) is 6.66. The van der Waals surface area contributed by atoms with E-state index in [2.05, 4.69) is 24.5 Å². The van der Waals surface area contributed by atoms with Crippen LogP contribution in [0.3, 0.4) is 0 Å². The third-order valence-electron chi connectivity index (χ3n) is 2.25. The molecule has 0 radical (unpaired) electrons. The van der Waals surface area contributed by atoms with Crippen molar-refractivity contribution in [2.75, 3.05) is 36.9 Å². The minimum Gasteiger partial charge on any atom is -0.355 e. The van der Waals surface area contributed by atoms with E-state index in [1.54, 1.807) is 0 Å². The number of carbonyl (C=O) groups is 1. The van der Waals surface area contributed by atoms with E-state index in [0.717, 1.165) is 13.1 Å². The van der Waals surface area contributed by atoms with E-state index >= 15 is 0 Å². The topological polar surface area (TPSA) is 41.1 Å². The molecule has 1 heterocycles. The zero-order valence-electron chi connectivity index (χ0n) is 10.1. The first kappa shape index (κ1) is 14.2. The largest absolute Gasteiger partial charge is 0.355 e. The van der Waals surface area contributed by atoms with Crippen LogP contribution < -0.4 is 10.6 Å². The van der Waals surface area contributed by atoms with Crippen molar-refractivity contribution in [3.05, 3.63) is 0 Å². The van der Waals surface area contributed by atoms with Gasteiger partial charge in [-0.3, -0.25) is 4.79 Å². The maximum Gasteiger partial charge on any atom is 0.233 e. The summed E-state index contributed by atoms with van der Waals surface area (Å²) in [6, 6.07) is 0. The monoisotopic (exact) mass is 262 g/mol. The van der Waals surface area contributed by atoms with Crippen molar-refractivity contribution < 1.29 is 4.79 Å². The Hall–Kier alpha value is 0.130. The van der Waals surface area contributed by atoms with Gasteiger partial charge >= 0.3 is 0 Å². The van der Waals surface area contributed by atoms with Crippen molar-refractivity contribution in [2.45, 2.75) is 19.1 Å². The van der Waals surface area contributed by atoms with Crippen LogP contribution in [0.15, 0.2) is 0 Å².